The number of hydrogen-bond acceptors (Lipinski definition) is 4. The number of thiocarbonyl (C=S) groups is 1. The minimum Gasteiger partial charge on any atom is -0.332 e. The fraction of sp³-hybridized carbons (Fsp3) is 0.0526. The van der Waals surface area contributed by atoms with Crippen molar-refractivity contribution in [1.82, 2.24) is 5.32 Å². The molecule has 3 rings (SSSR count). The van der Waals surface area contributed by atoms with Gasteiger partial charge in [0.05, 0.1) is 4.92 Å². The van der Waals surface area contributed by atoms with E-state index in [9.17, 15) is 14.9 Å². The van der Waals surface area contributed by atoms with Crippen LogP contribution in [-0.4, -0.2) is 15.9 Å². The minimum atomic E-state index is -0.556. The van der Waals surface area contributed by atoms with E-state index in [0.717, 1.165) is 10.8 Å². The molecule has 0 unspecified atom stereocenters. The summed E-state index contributed by atoms with van der Waals surface area (Å²) in [7, 11) is 0. The van der Waals surface area contributed by atoms with E-state index in [1.165, 1.54) is 12.1 Å². The number of rotatable bonds is 3. The van der Waals surface area contributed by atoms with Gasteiger partial charge in [-0.25, -0.2) is 0 Å². The summed E-state index contributed by atoms with van der Waals surface area (Å²) in [5.41, 5.74) is 1.36. The molecule has 3 aromatic carbocycles. The number of nitrogens with zero attached hydrogens (tertiary/aromatic N) is 1. The Kier molecular flexibility index (Phi) is 5.34. The van der Waals surface area contributed by atoms with Crippen LogP contribution in [0.2, 0.25) is 5.02 Å². The molecular weight excluding hydrogens is 386 g/mol. The van der Waals surface area contributed by atoms with Crippen LogP contribution in [0.1, 0.15) is 15.9 Å². The minimum absolute atomic E-state index is 0.0173. The second kappa shape index (κ2) is 7.69. The van der Waals surface area contributed by atoms with Gasteiger partial charge in [-0.15, -0.1) is 0 Å². The summed E-state index contributed by atoms with van der Waals surface area (Å²) in [5.74, 6) is -0.352. The highest BCUT2D eigenvalue weighted by Crippen LogP contribution is 2.30. The number of aryl methyl sites for hydroxylation is 1. The molecular formula is C19H14ClN3O3S. The van der Waals surface area contributed by atoms with Crippen molar-refractivity contribution >= 4 is 57.0 Å². The van der Waals surface area contributed by atoms with Gasteiger partial charge in [-0.3, -0.25) is 20.2 Å². The van der Waals surface area contributed by atoms with Gasteiger partial charge in [0.2, 0.25) is 0 Å². The summed E-state index contributed by atoms with van der Waals surface area (Å²) >= 11 is 11.1. The van der Waals surface area contributed by atoms with Gasteiger partial charge in [-0.1, -0.05) is 48.0 Å². The molecule has 0 radical (unpaired) electrons. The number of halogens is 1. The highest BCUT2D eigenvalue weighted by molar-refractivity contribution is 7.80. The summed E-state index contributed by atoms with van der Waals surface area (Å²) in [6.07, 6.45) is 0. The van der Waals surface area contributed by atoms with Gasteiger partial charge in [0.1, 0.15) is 5.02 Å². The van der Waals surface area contributed by atoms with Crippen molar-refractivity contribution in [2.75, 3.05) is 5.32 Å². The number of hydrogen-bond donors (Lipinski definition) is 2. The van der Waals surface area contributed by atoms with Gasteiger partial charge >= 0.3 is 0 Å². The first kappa shape index (κ1) is 18.8. The zero-order valence-electron chi connectivity index (χ0n) is 14.2. The van der Waals surface area contributed by atoms with Crippen LogP contribution < -0.4 is 10.6 Å². The Morgan fingerprint density at radius 2 is 1.85 bits per heavy atom. The molecule has 0 fully saturated rings. The van der Waals surface area contributed by atoms with Gasteiger partial charge in [0.15, 0.2) is 5.11 Å². The summed E-state index contributed by atoms with van der Waals surface area (Å²) in [6.45, 7) is 1.68. The van der Waals surface area contributed by atoms with E-state index in [2.05, 4.69) is 10.6 Å². The van der Waals surface area contributed by atoms with Crippen LogP contribution in [0.4, 0.5) is 11.4 Å². The Morgan fingerprint density at radius 1 is 1.15 bits per heavy atom. The van der Waals surface area contributed by atoms with Crippen LogP contribution in [0, 0.1) is 17.0 Å². The maximum Gasteiger partial charge on any atom is 0.288 e. The average molecular weight is 400 g/mol. The van der Waals surface area contributed by atoms with E-state index >= 15 is 0 Å². The van der Waals surface area contributed by atoms with Crippen molar-refractivity contribution in [3.63, 3.8) is 0 Å². The number of nitro benzene ring substituents is 1. The summed E-state index contributed by atoms with van der Waals surface area (Å²) < 4.78 is 0. The second-order valence-corrected chi connectivity index (χ2v) is 6.63. The standard InChI is InChI=1S/C19H14ClN3O3S/c1-11-9-17(23(25)26)15(20)10-16(11)21-19(27)22-18(24)14-8-4-6-12-5-2-3-7-13(12)14/h2-10H,1H3,(H2,21,22,24,27). The molecule has 0 aliphatic carbocycles. The fourth-order valence-corrected chi connectivity index (χ4v) is 3.12. The zero-order valence-corrected chi connectivity index (χ0v) is 15.7. The largest absolute Gasteiger partial charge is 0.332 e. The lowest BCUT2D eigenvalue weighted by Crippen LogP contribution is -2.34. The Bertz CT molecular complexity index is 1080. The lowest BCUT2D eigenvalue weighted by atomic mass is 10.0. The van der Waals surface area contributed by atoms with E-state index in [1.54, 1.807) is 19.1 Å². The molecule has 3 aromatic rings. The number of anilines is 1. The van der Waals surface area contributed by atoms with Crippen LogP contribution >= 0.6 is 23.8 Å². The fourth-order valence-electron chi connectivity index (χ4n) is 2.69. The topological polar surface area (TPSA) is 84.3 Å². The zero-order chi connectivity index (χ0) is 19.6. The lowest BCUT2D eigenvalue weighted by Gasteiger charge is -2.13. The number of carbonyl (C=O) groups is 1. The predicted molar refractivity (Wildman–Crippen MR) is 110 cm³/mol. The quantitative estimate of drug-likeness (QED) is 0.374. The lowest BCUT2D eigenvalue weighted by molar-refractivity contribution is -0.384. The van der Waals surface area contributed by atoms with Gasteiger partial charge in [0.25, 0.3) is 11.6 Å². The van der Waals surface area contributed by atoms with Gasteiger partial charge in [-0.2, -0.15) is 0 Å². The Balaban J connectivity index is 1.79. The Labute approximate surface area is 165 Å². The summed E-state index contributed by atoms with van der Waals surface area (Å²) in [5, 5.41) is 18.2. The molecule has 0 saturated carbocycles. The molecule has 0 saturated heterocycles. The molecule has 0 aliphatic rings. The highest BCUT2D eigenvalue weighted by atomic mass is 35.5. The first-order valence-corrected chi connectivity index (χ1v) is 8.70. The third-order valence-corrected chi connectivity index (χ3v) is 4.51. The summed E-state index contributed by atoms with van der Waals surface area (Å²) in [6, 6.07) is 15.7. The van der Waals surface area contributed by atoms with Crippen molar-refractivity contribution in [2.45, 2.75) is 6.92 Å². The molecule has 136 valence electrons. The van der Waals surface area contributed by atoms with Gasteiger partial charge in [-0.05, 0) is 47.6 Å². The number of nitro groups is 1. The molecule has 0 aliphatic heterocycles. The van der Waals surface area contributed by atoms with Gasteiger partial charge in [0, 0.05) is 17.3 Å². The van der Waals surface area contributed by atoms with Crippen molar-refractivity contribution < 1.29 is 9.72 Å². The smallest absolute Gasteiger partial charge is 0.288 e. The number of nitrogens with one attached hydrogen (secondary N) is 2. The molecule has 8 heteroatoms. The Morgan fingerprint density at radius 3 is 2.59 bits per heavy atom. The monoisotopic (exact) mass is 399 g/mol. The van der Waals surface area contributed by atoms with E-state index in [1.807, 2.05) is 30.3 Å². The van der Waals surface area contributed by atoms with Crippen LogP contribution in [-0.2, 0) is 0 Å². The number of amides is 1. The van der Waals surface area contributed by atoms with Crippen molar-refractivity contribution in [2.24, 2.45) is 0 Å². The molecule has 0 spiro atoms. The molecule has 0 atom stereocenters. The summed E-state index contributed by atoms with van der Waals surface area (Å²) in [4.78, 5) is 23.0. The molecule has 1 amide bonds. The maximum absolute atomic E-state index is 12.6. The Hall–Kier alpha value is -3.03. The SMILES string of the molecule is Cc1cc([N+](=O)[O-])c(Cl)cc1NC(=S)NC(=O)c1cccc2ccccc12. The molecule has 2 N–H and O–H groups in total. The first-order valence-electron chi connectivity index (χ1n) is 7.91. The van der Waals surface area contributed by atoms with Crippen LogP contribution in [0.3, 0.4) is 0 Å². The van der Waals surface area contributed by atoms with Gasteiger partial charge < -0.3 is 5.32 Å². The van der Waals surface area contributed by atoms with E-state index < -0.39 is 4.92 Å². The van der Waals surface area contributed by atoms with Crippen LogP contribution in [0.25, 0.3) is 10.8 Å². The normalized spacial score (nSPS) is 10.4. The highest BCUT2D eigenvalue weighted by Gasteiger charge is 2.16. The third-order valence-electron chi connectivity index (χ3n) is 4.00. The average Bonchev–Trinajstić information content (AvgIpc) is 2.63. The maximum atomic E-state index is 12.6. The van der Waals surface area contributed by atoms with E-state index in [0.29, 0.717) is 16.8 Å². The molecule has 27 heavy (non-hydrogen) atoms. The molecule has 0 bridgehead atoms. The van der Waals surface area contributed by atoms with Crippen molar-refractivity contribution in [3.05, 3.63) is 80.9 Å². The van der Waals surface area contributed by atoms with Crippen molar-refractivity contribution in [1.29, 1.82) is 0 Å². The van der Waals surface area contributed by atoms with Crippen molar-refractivity contribution in [3.8, 4) is 0 Å². The molecule has 0 aromatic heterocycles. The van der Waals surface area contributed by atoms with E-state index in [-0.39, 0.29) is 21.7 Å². The second-order valence-electron chi connectivity index (χ2n) is 5.81. The number of carbonyl (C=O) groups excluding carboxylic acids is 1. The number of benzene rings is 3. The van der Waals surface area contributed by atoms with E-state index in [4.69, 9.17) is 23.8 Å². The predicted octanol–water partition coefficient (Wildman–Crippen LogP) is 4.84. The molecule has 0 heterocycles. The van der Waals surface area contributed by atoms with Crippen LogP contribution in [0.15, 0.2) is 54.6 Å². The first-order chi connectivity index (χ1) is 12.9. The third kappa shape index (κ3) is 4.05. The molecule has 6 nitrogen and oxygen atoms in total. The number of fused-ring (bicyclic) bond motifs is 1. The van der Waals surface area contributed by atoms with Crippen LogP contribution in [0.5, 0.6) is 0 Å².